The number of nitrogens with zero attached hydrogens (tertiary/aromatic N) is 1. The number of furan rings is 1. The largest absolute Gasteiger partial charge is 0.488 e. The molecule has 0 spiro atoms. The van der Waals surface area contributed by atoms with Crippen LogP contribution in [0.25, 0.3) is 17.4 Å². The first-order valence-corrected chi connectivity index (χ1v) is 13.1. The van der Waals surface area contributed by atoms with Gasteiger partial charge < -0.3 is 14.3 Å². The molecule has 2 aliphatic rings. The van der Waals surface area contributed by atoms with Crippen molar-refractivity contribution in [2.24, 2.45) is 5.92 Å². The molecule has 0 bridgehead atoms. The molecule has 1 saturated heterocycles. The molecule has 8 heteroatoms. The molecule has 2 atom stereocenters. The Labute approximate surface area is 218 Å². The summed E-state index contributed by atoms with van der Waals surface area (Å²) in [4.78, 5) is 26.7. The number of thiocarbonyl (C=S) groups is 1. The molecule has 184 valence electrons. The van der Waals surface area contributed by atoms with E-state index >= 15 is 0 Å². The zero-order valence-corrected chi connectivity index (χ0v) is 21.1. The fraction of sp³-hybridized carbons (Fsp3) is 0.250. The van der Waals surface area contributed by atoms with E-state index < -0.39 is 11.9 Å². The van der Waals surface area contributed by atoms with Gasteiger partial charge in [0.15, 0.2) is 0 Å². The van der Waals surface area contributed by atoms with Crippen molar-refractivity contribution >= 4 is 46.3 Å². The second-order valence-corrected chi connectivity index (χ2v) is 10.6. The summed E-state index contributed by atoms with van der Waals surface area (Å²) in [6, 6.07) is 21.1. The van der Waals surface area contributed by atoms with E-state index in [0.717, 1.165) is 24.0 Å². The summed E-state index contributed by atoms with van der Waals surface area (Å²) in [5, 5.41) is 9.41. The van der Waals surface area contributed by atoms with E-state index in [1.807, 2.05) is 66.7 Å². The van der Waals surface area contributed by atoms with Gasteiger partial charge >= 0.3 is 5.97 Å². The Morgan fingerprint density at radius 3 is 2.69 bits per heavy atom. The number of carboxylic acids is 1. The third kappa shape index (κ3) is 5.24. The van der Waals surface area contributed by atoms with Crippen LogP contribution in [-0.4, -0.2) is 32.2 Å². The molecule has 2 heterocycles. The minimum Gasteiger partial charge on any atom is -0.488 e. The van der Waals surface area contributed by atoms with Gasteiger partial charge in [-0.2, -0.15) is 0 Å². The van der Waals surface area contributed by atoms with E-state index in [4.69, 9.17) is 21.4 Å². The zero-order valence-electron chi connectivity index (χ0n) is 19.5. The summed E-state index contributed by atoms with van der Waals surface area (Å²) in [6.07, 6.45) is 4.30. The third-order valence-electron chi connectivity index (χ3n) is 6.47. The molecular formula is C28H25NO5S2. The summed E-state index contributed by atoms with van der Waals surface area (Å²) < 4.78 is 12.6. The topological polar surface area (TPSA) is 80.0 Å². The van der Waals surface area contributed by atoms with Crippen LogP contribution in [0.15, 0.2) is 76.1 Å². The Kier molecular flexibility index (Phi) is 7.25. The molecule has 1 amide bonds. The molecule has 2 aromatic carbocycles. The molecule has 1 aliphatic heterocycles. The van der Waals surface area contributed by atoms with E-state index in [2.05, 4.69) is 0 Å². The van der Waals surface area contributed by atoms with E-state index in [-0.39, 0.29) is 11.9 Å². The second kappa shape index (κ2) is 10.7. The number of para-hydroxylation sites is 1. The molecule has 3 aromatic rings. The first-order chi connectivity index (χ1) is 17.5. The smallest absolute Gasteiger partial charge is 0.306 e. The summed E-state index contributed by atoms with van der Waals surface area (Å²) in [7, 11) is 0. The Hall–Kier alpha value is -3.36. The van der Waals surface area contributed by atoms with Gasteiger partial charge in [-0.05, 0) is 49.1 Å². The highest BCUT2D eigenvalue weighted by atomic mass is 32.2. The summed E-state index contributed by atoms with van der Waals surface area (Å²) in [5.41, 5.74) is 1.89. The number of hydrogen-bond donors (Lipinski definition) is 1. The number of ether oxygens (including phenoxy) is 1. The van der Waals surface area contributed by atoms with E-state index in [0.29, 0.717) is 45.9 Å². The van der Waals surface area contributed by atoms with Gasteiger partial charge in [-0.25, -0.2) is 0 Å². The number of aliphatic carboxylic acids is 1. The van der Waals surface area contributed by atoms with Crippen molar-refractivity contribution in [1.29, 1.82) is 0 Å². The Bertz CT molecular complexity index is 1320. The van der Waals surface area contributed by atoms with Crippen molar-refractivity contribution in [3.63, 3.8) is 0 Å². The van der Waals surface area contributed by atoms with Crippen molar-refractivity contribution < 1.29 is 23.8 Å². The van der Waals surface area contributed by atoms with Crippen LogP contribution in [0.3, 0.4) is 0 Å². The van der Waals surface area contributed by atoms with Gasteiger partial charge in [-0.1, -0.05) is 72.9 Å². The fourth-order valence-corrected chi connectivity index (χ4v) is 6.03. The third-order valence-corrected chi connectivity index (χ3v) is 7.80. The van der Waals surface area contributed by atoms with Crippen LogP contribution in [0.4, 0.5) is 0 Å². The number of rotatable bonds is 7. The number of thioether (sulfide) groups is 1. The number of carbonyl (C=O) groups excluding carboxylic acids is 1. The van der Waals surface area contributed by atoms with E-state index in [1.54, 1.807) is 11.0 Å². The van der Waals surface area contributed by atoms with Gasteiger partial charge in [0.1, 0.15) is 28.2 Å². The maximum Gasteiger partial charge on any atom is 0.306 e. The lowest BCUT2D eigenvalue weighted by atomic mass is 9.85. The monoisotopic (exact) mass is 519 g/mol. The maximum absolute atomic E-state index is 13.2. The molecule has 1 N–H and O–H groups in total. The molecule has 0 radical (unpaired) electrons. The van der Waals surface area contributed by atoms with Gasteiger partial charge in [0.05, 0.1) is 16.4 Å². The number of benzene rings is 2. The quantitative estimate of drug-likeness (QED) is 0.287. The molecule has 1 saturated carbocycles. The molecular weight excluding hydrogens is 494 g/mol. The highest BCUT2D eigenvalue weighted by molar-refractivity contribution is 8.26. The minimum atomic E-state index is -0.808. The van der Waals surface area contributed by atoms with Crippen molar-refractivity contribution in [2.75, 3.05) is 0 Å². The summed E-state index contributed by atoms with van der Waals surface area (Å²) >= 11 is 6.73. The lowest BCUT2D eigenvalue weighted by Gasteiger charge is -2.32. The summed E-state index contributed by atoms with van der Waals surface area (Å²) in [5.74, 6) is 0.447. The number of hydrogen-bond acceptors (Lipinski definition) is 6. The predicted molar refractivity (Wildman–Crippen MR) is 143 cm³/mol. The van der Waals surface area contributed by atoms with Crippen molar-refractivity contribution in [3.05, 3.63) is 83.0 Å². The first-order valence-electron chi connectivity index (χ1n) is 11.9. The molecule has 2 unspecified atom stereocenters. The molecule has 2 fully saturated rings. The average Bonchev–Trinajstić information content (AvgIpc) is 3.47. The van der Waals surface area contributed by atoms with Crippen LogP contribution < -0.4 is 4.74 Å². The lowest BCUT2D eigenvalue weighted by Crippen LogP contribution is -2.42. The van der Waals surface area contributed by atoms with Gasteiger partial charge in [0.25, 0.3) is 5.91 Å². The van der Waals surface area contributed by atoms with Crippen LogP contribution in [0.2, 0.25) is 0 Å². The number of amides is 1. The van der Waals surface area contributed by atoms with Crippen LogP contribution in [0, 0.1) is 5.92 Å². The fourth-order valence-electron chi connectivity index (χ4n) is 4.65. The highest BCUT2D eigenvalue weighted by Crippen LogP contribution is 2.39. The Morgan fingerprint density at radius 2 is 1.89 bits per heavy atom. The van der Waals surface area contributed by atoms with Crippen LogP contribution in [0.5, 0.6) is 5.75 Å². The predicted octanol–water partition coefficient (Wildman–Crippen LogP) is 6.37. The van der Waals surface area contributed by atoms with Crippen LogP contribution >= 0.6 is 24.0 Å². The zero-order chi connectivity index (χ0) is 25.1. The maximum atomic E-state index is 13.2. The average molecular weight is 520 g/mol. The molecule has 5 rings (SSSR count). The van der Waals surface area contributed by atoms with Crippen molar-refractivity contribution in [2.45, 2.75) is 38.3 Å². The van der Waals surface area contributed by atoms with Gasteiger partial charge in [0.2, 0.25) is 0 Å². The molecule has 6 nitrogen and oxygen atoms in total. The first kappa shape index (κ1) is 24.3. The normalized spacial score (nSPS) is 21.2. The van der Waals surface area contributed by atoms with E-state index in [1.165, 1.54) is 11.8 Å². The van der Waals surface area contributed by atoms with Crippen LogP contribution in [0.1, 0.15) is 37.0 Å². The van der Waals surface area contributed by atoms with Gasteiger partial charge in [-0.15, -0.1) is 0 Å². The standard InChI is InChI=1S/C28H25NO5S2/c30-26-25(36-28(35)29(26)20-10-6-9-19(15-20)27(31)32)16-21-13-14-24(34-21)22-11-4-5-12-23(22)33-17-18-7-2-1-3-8-18/h1-5,7-8,11-14,16,19-20H,6,9-10,15,17H2,(H,31,32)/b25-16-. The van der Waals surface area contributed by atoms with Crippen LogP contribution in [-0.2, 0) is 16.2 Å². The Balaban J connectivity index is 1.32. The van der Waals surface area contributed by atoms with E-state index in [9.17, 15) is 14.7 Å². The molecule has 1 aliphatic carbocycles. The summed E-state index contributed by atoms with van der Waals surface area (Å²) in [6.45, 7) is 0.442. The van der Waals surface area contributed by atoms with Crippen molar-refractivity contribution in [1.82, 2.24) is 4.90 Å². The highest BCUT2D eigenvalue weighted by Gasteiger charge is 2.40. The van der Waals surface area contributed by atoms with Gasteiger partial charge in [0, 0.05) is 12.1 Å². The molecule has 36 heavy (non-hydrogen) atoms. The Morgan fingerprint density at radius 1 is 1.11 bits per heavy atom. The second-order valence-electron chi connectivity index (χ2n) is 8.88. The minimum absolute atomic E-state index is 0.181. The SMILES string of the molecule is O=C(O)C1CCCC(N2C(=O)/C(=C/c3ccc(-c4ccccc4OCc4ccccc4)o3)SC2=S)C1. The molecule has 1 aromatic heterocycles. The lowest BCUT2D eigenvalue weighted by molar-refractivity contribution is -0.144. The van der Waals surface area contributed by atoms with Crippen molar-refractivity contribution in [3.8, 4) is 17.1 Å². The van der Waals surface area contributed by atoms with Gasteiger partial charge in [-0.3, -0.25) is 14.5 Å². The number of carbonyl (C=O) groups is 2. The number of carboxylic acid groups (broad SMARTS) is 1.